The number of carbonyl (C=O) groups is 4. The molecule has 2 N–H and O–H groups in total. The second-order valence-electron chi connectivity index (χ2n) is 15.6. The molecule has 2 aliphatic heterocycles. The summed E-state index contributed by atoms with van der Waals surface area (Å²) < 4.78 is 2.61. The van der Waals surface area contributed by atoms with Crippen LogP contribution in [0.1, 0.15) is 47.9 Å². The monoisotopic (exact) mass is 774 g/mol. The van der Waals surface area contributed by atoms with Crippen molar-refractivity contribution in [3.8, 4) is 22.1 Å². The van der Waals surface area contributed by atoms with Crippen LogP contribution in [0, 0.1) is 42.9 Å². The van der Waals surface area contributed by atoms with Crippen LogP contribution < -0.4 is 4.90 Å². The standard InChI is InChI=1S/C43H39ClN4O6S/c1-21-6-5-7-28(37(21)50)36-26-13-14-27-35(41(53)47(39(27)51)17-16-23-8-11-25(49)12-9-23)30(26)19-31-40(52)48(42(54)43(31,36)3)34-20-32(45-46(34)4)38-22(2)29-18-24(44)10-15-33(29)55-38/h5-13,15,18,20,27,30-31,35-36,49-50H,14,16-17,19H2,1-4H3/t27-,30+,31-,35-,36+,43+/m0/s1. The number of aryl methyl sites for hydroxylation is 3. The number of hydrogen-bond acceptors (Lipinski definition) is 8. The number of rotatable bonds is 6. The average Bonchev–Trinajstić information content (AvgIpc) is 3.83. The number of phenols is 2. The van der Waals surface area contributed by atoms with Crippen molar-refractivity contribution in [2.45, 2.75) is 46.0 Å². The van der Waals surface area contributed by atoms with E-state index in [2.05, 4.69) is 0 Å². The Balaban J connectivity index is 1.11. The number of fused-ring (bicyclic) bond motifs is 5. The number of imide groups is 2. The summed E-state index contributed by atoms with van der Waals surface area (Å²) in [6.45, 7) is 5.81. The number of amides is 4. The van der Waals surface area contributed by atoms with E-state index in [4.69, 9.17) is 16.7 Å². The lowest BCUT2D eigenvalue weighted by Gasteiger charge is -2.49. The molecule has 12 heteroatoms. The van der Waals surface area contributed by atoms with E-state index in [1.165, 1.54) is 9.80 Å². The molecule has 4 heterocycles. The number of phenolic OH excluding ortho intramolecular Hbond substituents is 2. The van der Waals surface area contributed by atoms with Crippen LogP contribution >= 0.6 is 22.9 Å². The van der Waals surface area contributed by atoms with Gasteiger partial charge in [-0.15, -0.1) is 11.3 Å². The highest BCUT2D eigenvalue weighted by molar-refractivity contribution is 7.22. The number of carbonyl (C=O) groups excluding carboxylic acids is 4. The lowest BCUT2D eigenvalue weighted by atomic mass is 9.51. The van der Waals surface area contributed by atoms with Crippen LogP contribution in [0.25, 0.3) is 20.7 Å². The lowest BCUT2D eigenvalue weighted by Crippen LogP contribution is -2.49. The van der Waals surface area contributed by atoms with Crippen molar-refractivity contribution in [3.05, 3.63) is 106 Å². The van der Waals surface area contributed by atoms with E-state index in [0.717, 1.165) is 31.7 Å². The normalized spacial score (nSPS) is 26.1. The second-order valence-corrected chi connectivity index (χ2v) is 17.1. The van der Waals surface area contributed by atoms with Crippen molar-refractivity contribution < 1.29 is 29.4 Å². The first kappa shape index (κ1) is 35.4. The van der Waals surface area contributed by atoms with Gasteiger partial charge in [-0.25, -0.2) is 4.90 Å². The first-order valence-electron chi connectivity index (χ1n) is 18.5. The molecule has 2 aromatic heterocycles. The summed E-state index contributed by atoms with van der Waals surface area (Å²) in [6.07, 6.45) is 2.95. The van der Waals surface area contributed by atoms with Gasteiger partial charge in [0.15, 0.2) is 0 Å². The molecule has 0 spiro atoms. The minimum atomic E-state index is -1.31. The Morgan fingerprint density at radius 2 is 1.71 bits per heavy atom. The van der Waals surface area contributed by atoms with Crippen LogP contribution in [-0.4, -0.2) is 55.1 Å². The smallest absolute Gasteiger partial charge is 0.242 e. The molecule has 0 radical (unpaired) electrons. The molecule has 0 bridgehead atoms. The molecule has 2 aliphatic carbocycles. The number of benzene rings is 3. The zero-order chi connectivity index (χ0) is 38.7. The van der Waals surface area contributed by atoms with Gasteiger partial charge in [0, 0.05) is 40.9 Å². The Morgan fingerprint density at radius 3 is 2.47 bits per heavy atom. The number of anilines is 1. The molecule has 10 nitrogen and oxygen atoms in total. The maximum Gasteiger partial charge on any atom is 0.242 e. The summed E-state index contributed by atoms with van der Waals surface area (Å²) in [5, 5.41) is 27.8. The van der Waals surface area contributed by atoms with E-state index in [1.54, 1.807) is 72.5 Å². The van der Waals surface area contributed by atoms with E-state index in [9.17, 15) is 24.6 Å². The van der Waals surface area contributed by atoms with Gasteiger partial charge < -0.3 is 10.2 Å². The molecule has 0 unspecified atom stereocenters. The van der Waals surface area contributed by atoms with Crippen molar-refractivity contribution in [2.24, 2.45) is 36.1 Å². The number of nitrogens with zero attached hydrogens (tertiary/aromatic N) is 4. The van der Waals surface area contributed by atoms with E-state index >= 15 is 4.79 Å². The van der Waals surface area contributed by atoms with Crippen molar-refractivity contribution in [1.29, 1.82) is 0 Å². The largest absolute Gasteiger partial charge is 0.508 e. The third-order valence-corrected chi connectivity index (χ3v) is 14.3. The molecule has 9 rings (SSSR count). The predicted molar refractivity (Wildman–Crippen MR) is 210 cm³/mol. The highest BCUT2D eigenvalue weighted by Gasteiger charge is 2.68. The highest BCUT2D eigenvalue weighted by Crippen LogP contribution is 2.64. The summed E-state index contributed by atoms with van der Waals surface area (Å²) in [4.78, 5) is 61.7. The van der Waals surface area contributed by atoms with Crippen LogP contribution in [0.2, 0.25) is 5.02 Å². The Hall–Kier alpha value is -5.26. The maximum absolute atomic E-state index is 15.1. The number of allylic oxidation sites excluding steroid dienone is 2. The van der Waals surface area contributed by atoms with Gasteiger partial charge in [0.05, 0.1) is 28.0 Å². The molecule has 280 valence electrons. The summed E-state index contributed by atoms with van der Waals surface area (Å²) in [5.74, 6) is -4.11. The third kappa shape index (κ3) is 5.15. The summed E-state index contributed by atoms with van der Waals surface area (Å²) in [6, 6.07) is 19.7. The number of thiophene rings is 1. The van der Waals surface area contributed by atoms with Crippen molar-refractivity contribution in [2.75, 3.05) is 11.4 Å². The van der Waals surface area contributed by atoms with Gasteiger partial charge in [-0.2, -0.15) is 5.10 Å². The van der Waals surface area contributed by atoms with E-state index in [-0.39, 0.29) is 42.2 Å². The van der Waals surface area contributed by atoms with Crippen LogP contribution in [0.4, 0.5) is 5.82 Å². The molecule has 1 saturated carbocycles. The SMILES string of the molecule is Cc1cccc([C@H]2C3=CC[C@@H]4C(=O)N(CCc5ccc(O)cc5)C(=O)[C@@H]4[C@@H]3C[C@H]3C(=O)N(c4cc(-c5sc6ccc(Cl)cc6c5C)nn4C)C(=O)[C@@]23C)c1O. The molecule has 3 aromatic carbocycles. The van der Waals surface area contributed by atoms with E-state index < -0.39 is 40.9 Å². The van der Waals surface area contributed by atoms with Gasteiger partial charge in [-0.1, -0.05) is 53.6 Å². The lowest BCUT2D eigenvalue weighted by molar-refractivity contribution is -0.140. The Kier molecular flexibility index (Phi) is 8.15. The maximum atomic E-state index is 15.1. The summed E-state index contributed by atoms with van der Waals surface area (Å²) >= 11 is 7.88. The number of aromatic nitrogens is 2. The molecular weight excluding hydrogens is 736 g/mol. The van der Waals surface area contributed by atoms with Crippen molar-refractivity contribution >= 4 is 62.5 Å². The quantitative estimate of drug-likeness (QED) is 0.135. The molecule has 55 heavy (non-hydrogen) atoms. The van der Waals surface area contributed by atoms with Crippen LogP contribution in [0.5, 0.6) is 11.5 Å². The molecular formula is C43H39ClN4O6S. The zero-order valence-electron chi connectivity index (χ0n) is 30.7. The number of halogens is 1. The Morgan fingerprint density at radius 1 is 0.945 bits per heavy atom. The van der Waals surface area contributed by atoms with Crippen molar-refractivity contribution in [3.63, 3.8) is 0 Å². The van der Waals surface area contributed by atoms with Crippen molar-refractivity contribution in [1.82, 2.24) is 14.7 Å². The molecule has 4 amide bonds. The first-order chi connectivity index (χ1) is 26.3. The minimum Gasteiger partial charge on any atom is -0.508 e. The van der Waals surface area contributed by atoms with Gasteiger partial charge >= 0.3 is 0 Å². The number of hydrogen-bond donors (Lipinski definition) is 2. The van der Waals surface area contributed by atoms with Crippen LogP contribution in [0.15, 0.2) is 78.4 Å². The second kappa shape index (κ2) is 12.6. The van der Waals surface area contributed by atoms with E-state index in [1.807, 2.05) is 44.2 Å². The van der Waals surface area contributed by atoms with Gasteiger partial charge in [-0.05, 0) is 98.4 Å². The number of para-hydroxylation sites is 1. The minimum absolute atomic E-state index is 0.0438. The molecule has 3 fully saturated rings. The fraction of sp³-hybridized carbons (Fsp3) is 0.326. The molecule has 2 saturated heterocycles. The Bertz CT molecular complexity index is 2520. The Labute approximate surface area is 326 Å². The third-order valence-electron chi connectivity index (χ3n) is 12.7. The number of aromatic hydroxyl groups is 2. The van der Waals surface area contributed by atoms with Gasteiger partial charge in [0.2, 0.25) is 23.6 Å². The van der Waals surface area contributed by atoms with Crippen LogP contribution in [-0.2, 0) is 32.6 Å². The summed E-state index contributed by atoms with van der Waals surface area (Å²) in [7, 11) is 1.72. The van der Waals surface area contributed by atoms with Gasteiger partial charge in [0.1, 0.15) is 23.0 Å². The van der Waals surface area contributed by atoms with Gasteiger partial charge in [-0.3, -0.25) is 28.8 Å². The fourth-order valence-electron chi connectivity index (χ4n) is 9.90. The van der Waals surface area contributed by atoms with Crippen LogP contribution in [0.3, 0.4) is 0 Å². The topological polar surface area (TPSA) is 133 Å². The number of likely N-dealkylation sites (tertiary alicyclic amines) is 1. The highest BCUT2D eigenvalue weighted by atomic mass is 35.5. The average molecular weight is 775 g/mol. The predicted octanol–water partition coefficient (Wildman–Crippen LogP) is 7.46. The molecule has 6 atom stereocenters. The molecule has 4 aliphatic rings. The fourth-order valence-corrected chi connectivity index (χ4v) is 11.2. The first-order valence-corrected chi connectivity index (χ1v) is 19.7. The zero-order valence-corrected chi connectivity index (χ0v) is 32.3. The van der Waals surface area contributed by atoms with E-state index in [0.29, 0.717) is 40.5 Å². The summed E-state index contributed by atoms with van der Waals surface area (Å²) in [5.41, 5.74) is 3.17. The molecule has 5 aromatic rings. The van der Waals surface area contributed by atoms with Gasteiger partial charge in [0.25, 0.3) is 0 Å².